The van der Waals surface area contributed by atoms with E-state index in [9.17, 15) is 19.2 Å². The molecular formula is C32H34N2O8. The molecule has 1 unspecified atom stereocenters. The van der Waals surface area contributed by atoms with Crippen LogP contribution in [0, 0.1) is 5.92 Å². The quantitative estimate of drug-likeness (QED) is 0.158. The van der Waals surface area contributed by atoms with Crippen molar-refractivity contribution in [2.45, 2.75) is 33.1 Å². The van der Waals surface area contributed by atoms with Crippen LogP contribution in [0.2, 0.25) is 0 Å². The predicted octanol–water partition coefficient (Wildman–Crippen LogP) is 4.93. The van der Waals surface area contributed by atoms with Crippen molar-refractivity contribution in [3.8, 4) is 11.5 Å². The van der Waals surface area contributed by atoms with Crippen molar-refractivity contribution in [2.24, 2.45) is 5.92 Å². The van der Waals surface area contributed by atoms with Crippen LogP contribution in [0.4, 0.5) is 4.79 Å². The summed E-state index contributed by atoms with van der Waals surface area (Å²) >= 11 is 0. The molecule has 0 saturated heterocycles. The zero-order valence-electron chi connectivity index (χ0n) is 23.5. The maximum Gasteiger partial charge on any atom is 0.408 e. The Hall–Kier alpha value is -5.12. The second kappa shape index (κ2) is 16.2. The normalized spacial score (nSPS) is 11.1. The number of hydrogen-bond donors (Lipinski definition) is 2. The standard InChI is InChI=1S/C32H34N2O8/c1-4-17-39-32(38)34-29(22(2)3)30(36)33-19-28(35)40-20-23-13-15-25(16-14-23)31(37)41-21-24-9-8-12-27(18-24)42-26-10-6-5-7-11-26/h4-16,18,22,29H,1,17,19-21H2,2-3H3,(H,33,36)(H,34,38). The molecule has 0 heterocycles. The van der Waals surface area contributed by atoms with E-state index in [1.165, 1.54) is 6.08 Å². The number of esters is 2. The average molecular weight is 575 g/mol. The van der Waals surface area contributed by atoms with Gasteiger partial charge in [0.15, 0.2) is 0 Å². The minimum atomic E-state index is -0.894. The summed E-state index contributed by atoms with van der Waals surface area (Å²) in [5.74, 6) is -0.622. The highest BCUT2D eigenvalue weighted by molar-refractivity contribution is 5.89. The van der Waals surface area contributed by atoms with Gasteiger partial charge in [0.1, 0.15) is 43.9 Å². The van der Waals surface area contributed by atoms with Gasteiger partial charge in [0.2, 0.25) is 5.91 Å². The summed E-state index contributed by atoms with van der Waals surface area (Å²) in [6.07, 6.45) is 0.644. The number of nitrogens with one attached hydrogen (secondary N) is 2. The number of amides is 2. The maximum absolute atomic E-state index is 12.5. The van der Waals surface area contributed by atoms with Gasteiger partial charge >= 0.3 is 18.0 Å². The van der Waals surface area contributed by atoms with Gasteiger partial charge in [-0.25, -0.2) is 9.59 Å². The van der Waals surface area contributed by atoms with E-state index in [2.05, 4.69) is 17.2 Å². The Morgan fingerprint density at radius 3 is 2.19 bits per heavy atom. The fourth-order valence-electron chi connectivity index (χ4n) is 3.61. The minimum absolute atomic E-state index is 0.00656. The maximum atomic E-state index is 12.5. The van der Waals surface area contributed by atoms with Crippen LogP contribution in [0.1, 0.15) is 35.3 Å². The lowest BCUT2D eigenvalue weighted by molar-refractivity contribution is -0.145. The minimum Gasteiger partial charge on any atom is -0.460 e. The lowest BCUT2D eigenvalue weighted by atomic mass is 10.0. The number of ether oxygens (including phenoxy) is 4. The predicted molar refractivity (Wildman–Crippen MR) is 155 cm³/mol. The Bertz CT molecular complexity index is 1360. The molecule has 0 aliphatic carbocycles. The number of carbonyl (C=O) groups is 4. The SMILES string of the molecule is C=CCOC(=O)NC(C(=O)NCC(=O)OCc1ccc(C(=O)OCc2cccc(Oc3ccccc3)c2)cc1)C(C)C. The molecule has 0 spiro atoms. The van der Waals surface area contributed by atoms with Gasteiger partial charge in [0, 0.05) is 0 Å². The molecule has 220 valence electrons. The highest BCUT2D eigenvalue weighted by Crippen LogP contribution is 2.22. The zero-order valence-corrected chi connectivity index (χ0v) is 23.5. The highest BCUT2D eigenvalue weighted by Gasteiger charge is 2.25. The van der Waals surface area contributed by atoms with E-state index in [1.54, 1.807) is 44.2 Å². The van der Waals surface area contributed by atoms with Gasteiger partial charge in [0.05, 0.1) is 5.56 Å². The topological polar surface area (TPSA) is 129 Å². The van der Waals surface area contributed by atoms with Gasteiger partial charge in [-0.1, -0.05) is 69.0 Å². The molecule has 10 heteroatoms. The molecule has 2 N–H and O–H groups in total. The molecule has 42 heavy (non-hydrogen) atoms. The monoisotopic (exact) mass is 574 g/mol. The first-order valence-electron chi connectivity index (χ1n) is 13.3. The second-order valence-electron chi connectivity index (χ2n) is 9.47. The van der Waals surface area contributed by atoms with Crippen LogP contribution in [0.5, 0.6) is 11.5 Å². The first-order chi connectivity index (χ1) is 20.2. The summed E-state index contributed by atoms with van der Waals surface area (Å²) < 4.78 is 21.3. The summed E-state index contributed by atoms with van der Waals surface area (Å²) in [5, 5.41) is 4.92. The van der Waals surface area contributed by atoms with Crippen molar-refractivity contribution in [1.29, 1.82) is 0 Å². The van der Waals surface area contributed by atoms with Crippen LogP contribution < -0.4 is 15.4 Å². The summed E-state index contributed by atoms with van der Waals surface area (Å²) in [6, 6.07) is 22.2. The molecule has 0 fully saturated rings. The third-order valence-electron chi connectivity index (χ3n) is 5.80. The van der Waals surface area contributed by atoms with Crippen molar-refractivity contribution in [1.82, 2.24) is 10.6 Å². The Morgan fingerprint density at radius 1 is 0.810 bits per heavy atom. The van der Waals surface area contributed by atoms with Gasteiger partial charge in [-0.05, 0) is 53.4 Å². The third kappa shape index (κ3) is 10.5. The van der Waals surface area contributed by atoms with Gasteiger partial charge in [-0.2, -0.15) is 0 Å². The molecule has 2 amide bonds. The van der Waals surface area contributed by atoms with E-state index in [4.69, 9.17) is 18.9 Å². The van der Waals surface area contributed by atoms with Gasteiger partial charge in [0.25, 0.3) is 0 Å². The number of carbonyl (C=O) groups excluding carboxylic acids is 4. The molecule has 1 atom stereocenters. The van der Waals surface area contributed by atoms with Crippen LogP contribution in [-0.4, -0.2) is 43.1 Å². The summed E-state index contributed by atoms with van der Waals surface area (Å²) in [5.41, 5.74) is 1.76. The Kier molecular flexibility index (Phi) is 12.1. The van der Waals surface area contributed by atoms with Crippen molar-refractivity contribution in [2.75, 3.05) is 13.2 Å². The van der Waals surface area contributed by atoms with E-state index in [-0.39, 0.29) is 32.3 Å². The van der Waals surface area contributed by atoms with Crippen molar-refractivity contribution >= 4 is 23.9 Å². The molecule has 0 saturated carbocycles. The van der Waals surface area contributed by atoms with Crippen LogP contribution in [0.3, 0.4) is 0 Å². The third-order valence-corrected chi connectivity index (χ3v) is 5.80. The Balaban J connectivity index is 1.41. The van der Waals surface area contributed by atoms with Crippen LogP contribution in [0.15, 0.2) is 91.5 Å². The first kappa shape index (κ1) is 31.4. The van der Waals surface area contributed by atoms with Crippen LogP contribution >= 0.6 is 0 Å². The zero-order chi connectivity index (χ0) is 30.3. The average Bonchev–Trinajstić information content (AvgIpc) is 3.00. The number of alkyl carbamates (subject to hydrolysis) is 1. The molecule has 3 aromatic rings. The fraction of sp³-hybridized carbons (Fsp3) is 0.250. The molecule has 0 bridgehead atoms. The molecule has 3 aromatic carbocycles. The molecule has 3 rings (SSSR count). The van der Waals surface area contributed by atoms with E-state index >= 15 is 0 Å². The van der Waals surface area contributed by atoms with E-state index in [0.29, 0.717) is 22.6 Å². The second-order valence-corrected chi connectivity index (χ2v) is 9.47. The molecule has 10 nitrogen and oxygen atoms in total. The highest BCUT2D eigenvalue weighted by atomic mass is 16.5. The van der Waals surface area contributed by atoms with E-state index in [1.807, 2.05) is 48.5 Å². The van der Waals surface area contributed by atoms with Crippen LogP contribution in [0.25, 0.3) is 0 Å². The molecule has 0 aliphatic rings. The van der Waals surface area contributed by atoms with Crippen LogP contribution in [-0.2, 0) is 37.0 Å². The molecule has 0 aliphatic heterocycles. The lowest BCUT2D eigenvalue weighted by Gasteiger charge is -2.21. The van der Waals surface area contributed by atoms with Gasteiger partial charge in [-0.3, -0.25) is 9.59 Å². The van der Waals surface area contributed by atoms with Crippen molar-refractivity contribution in [3.05, 3.63) is 108 Å². The number of hydrogen-bond acceptors (Lipinski definition) is 8. The number of benzene rings is 3. The first-order valence-corrected chi connectivity index (χ1v) is 13.3. The lowest BCUT2D eigenvalue weighted by Crippen LogP contribution is -2.50. The molecular weight excluding hydrogens is 540 g/mol. The fourth-order valence-corrected chi connectivity index (χ4v) is 3.61. The van der Waals surface area contributed by atoms with E-state index < -0.39 is 30.0 Å². The molecule has 0 aromatic heterocycles. The van der Waals surface area contributed by atoms with Gasteiger partial charge in [-0.15, -0.1) is 0 Å². The Labute approximate surface area is 244 Å². The Morgan fingerprint density at radius 2 is 1.50 bits per heavy atom. The van der Waals surface area contributed by atoms with Gasteiger partial charge < -0.3 is 29.6 Å². The van der Waals surface area contributed by atoms with Crippen molar-refractivity contribution in [3.63, 3.8) is 0 Å². The number of rotatable bonds is 14. The molecule has 0 radical (unpaired) electrons. The number of para-hydroxylation sites is 1. The summed E-state index contributed by atoms with van der Waals surface area (Å²) in [6.45, 7) is 6.58. The summed E-state index contributed by atoms with van der Waals surface area (Å²) in [7, 11) is 0. The summed E-state index contributed by atoms with van der Waals surface area (Å²) in [4.78, 5) is 48.9. The largest absolute Gasteiger partial charge is 0.460 e. The van der Waals surface area contributed by atoms with E-state index in [0.717, 1.165) is 5.56 Å². The smallest absolute Gasteiger partial charge is 0.408 e. The van der Waals surface area contributed by atoms with Crippen molar-refractivity contribution < 1.29 is 38.1 Å².